The number of carboxylic acids is 1. The van der Waals surface area contributed by atoms with Crippen LogP contribution in [0.15, 0.2) is 36.0 Å². The van der Waals surface area contributed by atoms with Crippen LogP contribution in [-0.2, 0) is 0 Å². The Labute approximate surface area is 143 Å². The van der Waals surface area contributed by atoms with E-state index in [0.717, 1.165) is 24.1 Å². The number of aliphatic hydroxyl groups excluding tert-OH is 1. The first-order valence-electron chi connectivity index (χ1n) is 7.69. The number of carbonyl (C=O) groups is 2. The number of aliphatic hydroxyl groups is 1. The van der Waals surface area contributed by atoms with E-state index in [1.54, 1.807) is 0 Å². The summed E-state index contributed by atoms with van der Waals surface area (Å²) in [5, 5.41) is 23.8. The van der Waals surface area contributed by atoms with Gasteiger partial charge in [-0.15, -0.1) is 11.3 Å². The molecule has 2 aromatic rings. The standard InChI is InChI=1S/C17H18N2O4S/c20-10-17(4-2-5-17)14(13-3-1-6-24-13)19-15(21)11-7-12(16(22)23)9-18-8-11/h1,3,6-9,14,20H,2,4-5,10H2,(H,19,21)(H,22,23). The molecule has 1 aliphatic carbocycles. The molecule has 1 amide bonds. The molecule has 1 saturated carbocycles. The molecule has 24 heavy (non-hydrogen) atoms. The van der Waals surface area contributed by atoms with E-state index in [2.05, 4.69) is 10.3 Å². The van der Waals surface area contributed by atoms with Crippen LogP contribution in [0.1, 0.15) is 50.9 Å². The third kappa shape index (κ3) is 3.05. The molecule has 0 spiro atoms. The maximum absolute atomic E-state index is 12.6. The van der Waals surface area contributed by atoms with Crippen molar-refractivity contribution in [3.05, 3.63) is 52.0 Å². The lowest BCUT2D eigenvalue weighted by Crippen LogP contribution is -2.47. The second kappa shape index (κ2) is 6.70. The summed E-state index contributed by atoms with van der Waals surface area (Å²) in [7, 11) is 0. The number of nitrogens with one attached hydrogen (secondary N) is 1. The minimum absolute atomic E-state index is 0.00324. The highest BCUT2D eigenvalue weighted by Crippen LogP contribution is 2.50. The van der Waals surface area contributed by atoms with E-state index in [1.807, 2.05) is 17.5 Å². The fraction of sp³-hybridized carbons (Fsp3) is 0.353. The molecule has 1 fully saturated rings. The Hall–Kier alpha value is -2.25. The van der Waals surface area contributed by atoms with Crippen molar-refractivity contribution in [3.63, 3.8) is 0 Å². The molecular formula is C17H18N2O4S. The van der Waals surface area contributed by atoms with Gasteiger partial charge in [-0.3, -0.25) is 9.78 Å². The second-order valence-electron chi connectivity index (χ2n) is 6.06. The van der Waals surface area contributed by atoms with E-state index in [9.17, 15) is 14.7 Å². The maximum atomic E-state index is 12.6. The maximum Gasteiger partial charge on any atom is 0.337 e. The van der Waals surface area contributed by atoms with Crippen LogP contribution in [0, 0.1) is 5.41 Å². The highest BCUT2D eigenvalue weighted by atomic mass is 32.1. The van der Waals surface area contributed by atoms with Crippen LogP contribution >= 0.6 is 11.3 Å². The molecule has 0 radical (unpaired) electrons. The summed E-state index contributed by atoms with van der Waals surface area (Å²) in [5.74, 6) is -1.51. The molecule has 0 saturated heterocycles. The van der Waals surface area contributed by atoms with Gasteiger partial charge in [0.25, 0.3) is 5.91 Å². The van der Waals surface area contributed by atoms with Gasteiger partial charge in [0.1, 0.15) is 0 Å². The van der Waals surface area contributed by atoms with Gasteiger partial charge >= 0.3 is 5.97 Å². The monoisotopic (exact) mass is 346 g/mol. The van der Waals surface area contributed by atoms with Gasteiger partial charge in [0.15, 0.2) is 0 Å². The van der Waals surface area contributed by atoms with Crippen molar-refractivity contribution < 1.29 is 19.8 Å². The topological polar surface area (TPSA) is 99.5 Å². The van der Waals surface area contributed by atoms with Gasteiger partial charge in [0, 0.05) is 22.7 Å². The van der Waals surface area contributed by atoms with E-state index >= 15 is 0 Å². The number of nitrogens with zero attached hydrogens (tertiary/aromatic N) is 1. The quantitative estimate of drug-likeness (QED) is 0.746. The van der Waals surface area contributed by atoms with Crippen molar-refractivity contribution in [2.45, 2.75) is 25.3 Å². The largest absolute Gasteiger partial charge is 0.478 e. The Morgan fingerprint density at radius 3 is 2.62 bits per heavy atom. The molecule has 2 aromatic heterocycles. The molecule has 3 N–H and O–H groups in total. The van der Waals surface area contributed by atoms with Gasteiger partial charge in [0.05, 0.1) is 23.8 Å². The van der Waals surface area contributed by atoms with Crippen LogP contribution in [0.3, 0.4) is 0 Å². The number of aromatic nitrogens is 1. The van der Waals surface area contributed by atoms with Crippen LogP contribution in [-0.4, -0.2) is 33.7 Å². The molecule has 1 aliphatic rings. The van der Waals surface area contributed by atoms with Crippen LogP contribution < -0.4 is 5.32 Å². The molecule has 0 bridgehead atoms. The van der Waals surface area contributed by atoms with Crippen LogP contribution in [0.2, 0.25) is 0 Å². The summed E-state index contributed by atoms with van der Waals surface area (Å²) in [6.07, 6.45) is 5.27. The number of aromatic carboxylic acids is 1. The lowest BCUT2D eigenvalue weighted by atomic mass is 9.64. The highest BCUT2D eigenvalue weighted by molar-refractivity contribution is 7.10. The number of hydrogen-bond acceptors (Lipinski definition) is 5. The predicted molar refractivity (Wildman–Crippen MR) is 89.1 cm³/mol. The normalized spacial score (nSPS) is 16.9. The summed E-state index contributed by atoms with van der Waals surface area (Å²) in [6.45, 7) is 0.00324. The Morgan fingerprint density at radius 2 is 2.08 bits per heavy atom. The van der Waals surface area contributed by atoms with E-state index in [-0.39, 0.29) is 35.1 Å². The number of pyridine rings is 1. The molecule has 0 aromatic carbocycles. The fourth-order valence-corrected chi connectivity index (χ4v) is 3.96. The van der Waals surface area contributed by atoms with Gasteiger partial charge in [-0.05, 0) is 30.4 Å². The van der Waals surface area contributed by atoms with Crippen LogP contribution in [0.25, 0.3) is 0 Å². The second-order valence-corrected chi connectivity index (χ2v) is 7.04. The van der Waals surface area contributed by atoms with E-state index in [4.69, 9.17) is 5.11 Å². The Kier molecular flexibility index (Phi) is 4.64. The smallest absolute Gasteiger partial charge is 0.337 e. The molecule has 126 valence electrons. The number of rotatable bonds is 6. The number of hydrogen-bond donors (Lipinski definition) is 3. The number of carbonyl (C=O) groups excluding carboxylic acids is 1. The number of amides is 1. The van der Waals surface area contributed by atoms with Gasteiger partial charge < -0.3 is 15.5 Å². The average Bonchev–Trinajstić information content (AvgIpc) is 3.07. The predicted octanol–water partition coefficient (Wildman–Crippen LogP) is 2.48. The van der Waals surface area contributed by atoms with E-state index in [0.29, 0.717) is 0 Å². The Morgan fingerprint density at radius 1 is 1.33 bits per heavy atom. The zero-order valence-electron chi connectivity index (χ0n) is 12.9. The number of carboxylic acid groups (broad SMARTS) is 1. The lowest BCUT2D eigenvalue weighted by Gasteiger charge is -2.46. The molecule has 0 aliphatic heterocycles. The summed E-state index contributed by atoms with van der Waals surface area (Å²) < 4.78 is 0. The zero-order chi connectivity index (χ0) is 17.2. The Balaban J connectivity index is 1.86. The minimum Gasteiger partial charge on any atom is -0.478 e. The molecule has 1 unspecified atom stereocenters. The van der Waals surface area contributed by atoms with Crippen LogP contribution in [0.4, 0.5) is 0 Å². The first-order chi connectivity index (χ1) is 11.6. The first kappa shape index (κ1) is 16.6. The Bertz CT molecular complexity index is 735. The van der Waals surface area contributed by atoms with Crippen molar-refractivity contribution in [3.8, 4) is 0 Å². The summed E-state index contributed by atoms with van der Waals surface area (Å²) >= 11 is 1.53. The summed E-state index contributed by atoms with van der Waals surface area (Å²) in [4.78, 5) is 28.5. The SMILES string of the molecule is O=C(O)c1cncc(C(=O)NC(c2cccs2)C2(CO)CCC2)c1. The summed E-state index contributed by atoms with van der Waals surface area (Å²) in [6, 6.07) is 4.87. The molecular weight excluding hydrogens is 328 g/mol. The third-order valence-electron chi connectivity index (χ3n) is 4.63. The number of thiophene rings is 1. The average molecular weight is 346 g/mol. The minimum atomic E-state index is -1.13. The van der Waals surface area contributed by atoms with Crippen molar-refractivity contribution >= 4 is 23.2 Å². The highest BCUT2D eigenvalue weighted by Gasteiger charge is 2.45. The lowest BCUT2D eigenvalue weighted by molar-refractivity contribution is 0.00710. The summed E-state index contributed by atoms with van der Waals surface area (Å²) in [5.41, 5.74) is -0.182. The molecule has 7 heteroatoms. The molecule has 2 heterocycles. The van der Waals surface area contributed by atoms with Gasteiger partial charge in [-0.2, -0.15) is 0 Å². The van der Waals surface area contributed by atoms with Crippen LogP contribution in [0.5, 0.6) is 0 Å². The fourth-order valence-electron chi connectivity index (χ4n) is 3.05. The molecule has 3 rings (SSSR count). The van der Waals surface area contributed by atoms with Crippen molar-refractivity contribution in [1.29, 1.82) is 0 Å². The molecule has 1 atom stereocenters. The van der Waals surface area contributed by atoms with E-state index < -0.39 is 5.97 Å². The van der Waals surface area contributed by atoms with Gasteiger partial charge in [0.2, 0.25) is 0 Å². The van der Waals surface area contributed by atoms with Crippen molar-refractivity contribution in [1.82, 2.24) is 10.3 Å². The first-order valence-corrected chi connectivity index (χ1v) is 8.57. The van der Waals surface area contributed by atoms with Crippen molar-refractivity contribution in [2.24, 2.45) is 5.41 Å². The van der Waals surface area contributed by atoms with Gasteiger partial charge in [-0.1, -0.05) is 12.5 Å². The van der Waals surface area contributed by atoms with E-state index in [1.165, 1.54) is 29.8 Å². The van der Waals surface area contributed by atoms with Crippen molar-refractivity contribution in [2.75, 3.05) is 6.61 Å². The molecule has 6 nitrogen and oxygen atoms in total. The third-order valence-corrected chi connectivity index (χ3v) is 5.56. The zero-order valence-corrected chi connectivity index (χ0v) is 13.8. The van der Waals surface area contributed by atoms with Gasteiger partial charge in [-0.25, -0.2) is 4.79 Å².